The molecule has 0 bridgehead atoms. The highest BCUT2D eigenvalue weighted by atomic mass is 16.5. The first-order valence-corrected chi connectivity index (χ1v) is 6.73. The van der Waals surface area contributed by atoms with Gasteiger partial charge >= 0.3 is 0 Å². The molecule has 3 heteroatoms. The molecule has 3 unspecified atom stereocenters. The summed E-state index contributed by atoms with van der Waals surface area (Å²) >= 11 is 0. The van der Waals surface area contributed by atoms with Crippen molar-refractivity contribution in [1.82, 2.24) is 10.2 Å². The van der Waals surface area contributed by atoms with Gasteiger partial charge in [0.25, 0.3) is 0 Å². The lowest BCUT2D eigenvalue weighted by Gasteiger charge is -2.51. The first-order valence-electron chi connectivity index (χ1n) is 6.73. The summed E-state index contributed by atoms with van der Waals surface area (Å²) in [5.74, 6) is 0. The van der Waals surface area contributed by atoms with E-state index < -0.39 is 0 Å². The van der Waals surface area contributed by atoms with Crippen LogP contribution in [0.4, 0.5) is 0 Å². The molecule has 16 heavy (non-hydrogen) atoms. The molecule has 3 nitrogen and oxygen atoms in total. The maximum absolute atomic E-state index is 5.70. The van der Waals surface area contributed by atoms with Gasteiger partial charge in [-0.2, -0.15) is 0 Å². The van der Waals surface area contributed by atoms with Gasteiger partial charge in [0.1, 0.15) is 0 Å². The molecule has 0 aromatic rings. The van der Waals surface area contributed by atoms with Crippen LogP contribution in [-0.4, -0.2) is 48.8 Å². The fourth-order valence-corrected chi connectivity index (χ4v) is 3.13. The van der Waals surface area contributed by atoms with Crippen LogP contribution in [0.1, 0.15) is 40.0 Å². The Kier molecular flexibility index (Phi) is 3.88. The van der Waals surface area contributed by atoms with E-state index in [0.717, 1.165) is 19.8 Å². The van der Waals surface area contributed by atoms with Crippen LogP contribution in [0.15, 0.2) is 0 Å². The monoisotopic (exact) mass is 226 g/mol. The third-order valence-corrected chi connectivity index (χ3v) is 4.19. The minimum atomic E-state index is 0.273. The van der Waals surface area contributed by atoms with Crippen LogP contribution >= 0.6 is 0 Å². The van der Waals surface area contributed by atoms with E-state index in [1.54, 1.807) is 0 Å². The topological polar surface area (TPSA) is 24.5 Å². The van der Waals surface area contributed by atoms with Gasteiger partial charge in [-0.15, -0.1) is 0 Å². The second kappa shape index (κ2) is 5.03. The van der Waals surface area contributed by atoms with Crippen molar-refractivity contribution in [2.75, 3.05) is 26.3 Å². The van der Waals surface area contributed by atoms with Gasteiger partial charge in [-0.05, 0) is 33.1 Å². The second-order valence-electron chi connectivity index (χ2n) is 5.68. The number of hydrogen-bond donors (Lipinski definition) is 1. The molecule has 2 heterocycles. The number of hydrogen-bond acceptors (Lipinski definition) is 3. The van der Waals surface area contributed by atoms with E-state index in [0.29, 0.717) is 12.1 Å². The van der Waals surface area contributed by atoms with Crippen LogP contribution in [0, 0.1) is 0 Å². The first kappa shape index (κ1) is 12.3. The summed E-state index contributed by atoms with van der Waals surface area (Å²) in [6, 6.07) is 1.30. The first-order chi connectivity index (χ1) is 7.65. The maximum Gasteiger partial charge on any atom is 0.0647 e. The highest BCUT2D eigenvalue weighted by Crippen LogP contribution is 2.30. The lowest BCUT2D eigenvalue weighted by Crippen LogP contribution is -2.64. The molecule has 0 aromatic heterocycles. The summed E-state index contributed by atoms with van der Waals surface area (Å²) in [5, 5.41) is 3.59. The molecule has 2 aliphatic rings. The average molecular weight is 226 g/mol. The SMILES string of the molecule is CCC1CNC(C)CN1C1(C)CCCOC1. The smallest absolute Gasteiger partial charge is 0.0647 e. The van der Waals surface area contributed by atoms with Crippen LogP contribution < -0.4 is 5.32 Å². The van der Waals surface area contributed by atoms with Crippen molar-refractivity contribution in [1.29, 1.82) is 0 Å². The van der Waals surface area contributed by atoms with Crippen molar-refractivity contribution in [3.05, 3.63) is 0 Å². The van der Waals surface area contributed by atoms with Crippen LogP contribution in [0.3, 0.4) is 0 Å². The van der Waals surface area contributed by atoms with Gasteiger partial charge in [-0.25, -0.2) is 0 Å². The average Bonchev–Trinajstić information content (AvgIpc) is 2.30. The van der Waals surface area contributed by atoms with Gasteiger partial charge in [-0.1, -0.05) is 6.92 Å². The van der Waals surface area contributed by atoms with Crippen molar-refractivity contribution >= 4 is 0 Å². The summed E-state index contributed by atoms with van der Waals surface area (Å²) in [4.78, 5) is 2.70. The minimum absolute atomic E-state index is 0.273. The fraction of sp³-hybridized carbons (Fsp3) is 1.00. The van der Waals surface area contributed by atoms with Gasteiger partial charge in [0.15, 0.2) is 0 Å². The minimum Gasteiger partial charge on any atom is -0.380 e. The summed E-state index contributed by atoms with van der Waals surface area (Å²) in [7, 11) is 0. The van der Waals surface area contributed by atoms with Gasteiger partial charge in [0.2, 0.25) is 0 Å². The van der Waals surface area contributed by atoms with Crippen molar-refractivity contribution in [3.8, 4) is 0 Å². The predicted octanol–water partition coefficient (Wildman–Crippen LogP) is 1.63. The lowest BCUT2D eigenvalue weighted by atomic mass is 9.88. The van der Waals surface area contributed by atoms with Gasteiger partial charge in [0.05, 0.1) is 6.61 Å². The molecule has 2 rings (SSSR count). The van der Waals surface area contributed by atoms with E-state index >= 15 is 0 Å². The van der Waals surface area contributed by atoms with Crippen LogP contribution in [0.25, 0.3) is 0 Å². The molecule has 1 N–H and O–H groups in total. The Morgan fingerprint density at radius 2 is 2.31 bits per heavy atom. The molecule has 0 saturated carbocycles. The zero-order valence-corrected chi connectivity index (χ0v) is 11.0. The number of piperazine rings is 1. The number of nitrogens with one attached hydrogen (secondary N) is 1. The van der Waals surface area contributed by atoms with E-state index in [9.17, 15) is 0 Å². The molecule has 0 aliphatic carbocycles. The Morgan fingerprint density at radius 1 is 1.50 bits per heavy atom. The number of ether oxygens (including phenoxy) is 1. The molecular weight excluding hydrogens is 200 g/mol. The quantitative estimate of drug-likeness (QED) is 0.774. The number of rotatable bonds is 2. The Hall–Kier alpha value is -0.120. The van der Waals surface area contributed by atoms with Gasteiger partial charge in [0, 0.05) is 37.3 Å². The molecule has 2 fully saturated rings. The summed E-state index contributed by atoms with van der Waals surface area (Å²) in [6.45, 7) is 11.1. The van der Waals surface area contributed by atoms with Crippen molar-refractivity contribution in [2.24, 2.45) is 0 Å². The molecule has 3 atom stereocenters. The third kappa shape index (κ3) is 2.41. The van der Waals surface area contributed by atoms with Crippen LogP contribution in [-0.2, 0) is 4.74 Å². The summed E-state index contributed by atoms with van der Waals surface area (Å²) in [5.41, 5.74) is 0.273. The molecule has 0 aromatic carbocycles. The molecule has 0 radical (unpaired) electrons. The van der Waals surface area contributed by atoms with E-state index in [4.69, 9.17) is 4.74 Å². The largest absolute Gasteiger partial charge is 0.380 e. The Balaban J connectivity index is 2.08. The van der Waals surface area contributed by atoms with Crippen molar-refractivity contribution in [2.45, 2.75) is 57.7 Å². The lowest BCUT2D eigenvalue weighted by molar-refractivity contribution is -0.0709. The zero-order chi connectivity index (χ0) is 11.6. The Morgan fingerprint density at radius 3 is 2.94 bits per heavy atom. The van der Waals surface area contributed by atoms with Crippen molar-refractivity contribution < 1.29 is 4.74 Å². The molecule has 94 valence electrons. The predicted molar refractivity (Wildman–Crippen MR) is 66.7 cm³/mol. The van der Waals surface area contributed by atoms with Gasteiger partial charge in [-0.3, -0.25) is 4.90 Å². The summed E-state index contributed by atoms with van der Waals surface area (Å²) < 4.78 is 5.70. The molecule has 2 aliphatic heterocycles. The molecule has 2 saturated heterocycles. The van der Waals surface area contributed by atoms with Gasteiger partial charge < -0.3 is 10.1 Å². The van der Waals surface area contributed by atoms with E-state index in [1.165, 1.54) is 25.8 Å². The van der Waals surface area contributed by atoms with Crippen molar-refractivity contribution in [3.63, 3.8) is 0 Å². The summed E-state index contributed by atoms with van der Waals surface area (Å²) in [6.07, 6.45) is 3.73. The molecule has 0 amide bonds. The fourth-order valence-electron chi connectivity index (χ4n) is 3.13. The molecule has 0 spiro atoms. The van der Waals surface area contributed by atoms with Crippen LogP contribution in [0.2, 0.25) is 0 Å². The highest BCUT2D eigenvalue weighted by Gasteiger charge is 2.39. The van der Waals surface area contributed by atoms with E-state index in [-0.39, 0.29) is 5.54 Å². The second-order valence-corrected chi connectivity index (χ2v) is 5.68. The standard InChI is InChI=1S/C13H26N2O/c1-4-12-8-14-11(2)9-15(12)13(3)6-5-7-16-10-13/h11-12,14H,4-10H2,1-3H3. The number of nitrogens with zero attached hydrogens (tertiary/aromatic N) is 1. The highest BCUT2D eigenvalue weighted by molar-refractivity contribution is 4.96. The normalized spacial score (nSPS) is 42.2. The van der Waals surface area contributed by atoms with E-state index in [1.807, 2.05) is 0 Å². The maximum atomic E-state index is 5.70. The Bertz CT molecular complexity index is 226. The molecular formula is C13H26N2O. The zero-order valence-electron chi connectivity index (χ0n) is 11.0. The third-order valence-electron chi connectivity index (χ3n) is 4.19. The van der Waals surface area contributed by atoms with Crippen LogP contribution in [0.5, 0.6) is 0 Å². The Labute approximate surface area is 99.5 Å². The van der Waals surface area contributed by atoms with E-state index in [2.05, 4.69) is 31.0 Å².